The van der Waals surface area contributed by atoms with E-state index in [1.54, 1.807) is 13.0 Å². The summed E-state index contributed by atoms with van der Waals surface area (Å²) in [6.07, 6.45) is 0. The first kappa shape index (κ1) is 18.1. The van der Waals surface area contributed by atoms with Gasteiger partial charge in [0.2, 0.25) is 0 Å². The van der Waals surface area contributed by atoms with Crippen molar-refractivity contribution >= 4 is 62.4 Å². The molecule has 3 heterocycles. The van der Waals surface area contributed by atoms with Crippen LogP contribution in [0.3, 0.4) is 0 Å². The summed E-state index contributed by atoms with van der Waals surface area (Å²) in [4.78, 5) is 31.2. The molecule has 0 spiro atoms. The number of primary amides is 1. The number of aromatic nitrogens is 1. The maximum absolute atomic E-state index is 12.7. The van der Waals surface area contributed by atoms with Crippen molar-refractivity contribution in [1.82, 2.24) is 4.98 Å². The van der Waals surface area contributed by atoms with Gasteiger partial charge < -0.3 is 11.1 Å². The predicted molar refractivity (Wildman–Crippen MR) is 105 cm³/mol. The van der Waals surface area contributed by atoms with E-state index >= 15 is 0 Å². The highest BCUT2D eigenvalue weighted by Crippen LogP contribution is 2.36. The summed E-state index contributed by atoms with van der Waals surface area (Å²) in [6, 6.07) is 3.68. The number of nitrogens with two attached hydrogens (primary N) is 1. The monoisotopic (exact) mass is 411 g/mol. The fourth-order valence-electron chi connectivity index (χ4n) is 2.31. The van der Waals surface area contributed by atoms with E-state index in [4.69, 9.17) is 17.3 Å². The Morgan fingerprint density at radius 1 is 1.16 bits per heavy atom. The van der Waals surface area contributed by atoms with Crippen LogP contribution in [0.1, 0.15) is 36.2 Å². The smallest absolute Gasteiger partial charge is 0.268 e. The van der Waals surface area contributed by atoms with Crippen molar-refractivity contribution in [3.8, 4) is 9.88 Å². The summed E-state index contributed by atoms with van der Waals surface area (Å²) in [5, 5.41) is 4.02. The number of hydrogen-bond donors (Lipinski definition) is 2. The molecule has 0 aliphatic heterocycles. The van der Waals surface area contributed by atoms with Crippen LogP contribution in [-0.4, -0.2) is 16.8 Å². The Labute approximate surface area is 161 Å². The molecule has 25 heavy (non-hydrogen) atoms. The van der Waals surface area contributed by atoms with Crippen molar-refractivity contribution in [2.75, 3.05) is 5.32 Å². The second kappa shape index (κ2) is 6.87. The molecular formula is C16H14ClN3O2S3. The molecule has 0 atom stereocenters. The summed E-state index contributed by atoms with van der Waals surface area (Å²) in [5.74, 6) is -0.847. The fourth-order valence-corrected chi connectivity index (χ4v) is 5.43. The molecule has 3 aromatic rings. The molecule has 3 aromatic heterocycles. The van der Waals surface area contributed by atoms with Crippen molar-refractivity contribution in [3.05, 3.63) is 43.0 Å². The highest BCUT2D eigenvalue weighted by atomic mass is 35.5. The van der Waals surface area contributed by atoms with E-state index in [-0.39, 0.29) is 5.91 Å². The minimum Gasteiger partial charge on any atom is -0.365 e. The fraction of sp³-hybridized carbons (Fsp3) is 0.188. The molecule has 0 unspecified atom stereocenters. The lowest BCUT2D eigenvalue weighted by Gasteiger charge is -2.04. The molecule has 0 aliphatic carbocycles. The quantitative estimate of drug-likeness (QED) is 0.642. The molecule has 130 valence electrons. The van der Waals surface area contributed by atoms with Gasteiger partial charge in [-0.3, -0.25) is 9.59 Å². The number of carbonyl (C=O) groups excluding carboxylic acids is 2. The zero-order valence-electron chi connectivity index (χ0n) is 13.6. The summed E-state index contributed by atoms with van der Waals surface area (Å²) >= 11 is 10.0. The van der Waals surface area contributed by atoms with E-state index in [0.29, 0.717) is 25.5 Å². The number of nitrogens with zero attached hydrogens (tertiary/aromatic N) is 1. The lowest BCUT2D eigenvalue weighted by atomic mass is 10.1. The number of nitrogens with one attached hydrogen (secondary N) is 1. The topological polar surface area (TPSA) is 85.1 Å². The molecule has 0 bridgehead atoms. The van der Waals surface area contributed by atoms with Gasteiger partial charge in [0, 0.05) is 4.88 Å². The molecular weight excluding hydrogens is 398 g/mol. The number of carbonyl (C=O) groups is 2. The third-order valence-electron chi connectivity index (χ3n) is 3.65. The first-order valence-corrected chi connectivity index (χ1v) is 10.0. The summed E-state index contributed by atoms with van der Waals surface area (Å²) in [5.41, 5.74) is 7.24. The van der Waals surface area contributed by atoms with Crippen LogP contribution in [0.25, 0.3) is 9.88 Å². The van der Waals surface area contributed by atoms with Crippen molar-refractivity contribution in [2.24, 2.45) is 5.73 Å². The average molecular weight is 412 g/mol. The van der Waals surface area contributed by atoms with Gasteiger partial charge in [0.25, 0.3) is 11.8 Å². The summed E-state index contributed by atoms with van der Waals surface area (Å²) in [6.45, 7) is 5.49. The van der Waals surface area contributed by atoms with E-state index in [0.717, 1.165) is 20.3 Å². The zero-order valence-corrected chi connectivity index (χ0v) is 16.8. The number of thiophene rings is 2. The molecule has 3 rings (SSSR count). The molecule has 0 radical (unpaired) electrons. The Kier molecular flexibility index (Phi) is 4.97. The number of rotatable bonds is 4. The summed E-state index contributed by atoms with van der Waals surface area (Å²) < 4.78 is 0.671. The van der Waals surface area contributed by atoms with Gasteiger partial charge in [0.1, 0.15) is 14.9 Å². The van der Waals surface area contributed by atoms with Gasteiger partial charge in [-0.25, -0.2) is 4.98 Å². The zero-order chi connectivity index (χ0) is 18.3. The van der Waals surface area contributed by atoms with Gasteiger partial charge >= 0.3 is 0 Å². The van der Waals surface area contributed by atoms with E-state index < -0.39 is 5.91 Å². The van der Waals surface area contributed by atoms with Crippen LogP contribution < -0.4 is 11.1 Å². The van der Waals surface area contributed by atoms with Crippen LogP contribution in [0.2, 0.25) is 4.34 Å². The first-order valence-electron chi connectivity index (χ1n) is 7.22. The van der Waals surface area contributed by atoms with Gasteiger partial charge in [-0.2, -0.15) is 0 Å². The van der Waals surface area contributed by atoms with Gasteiger partial charge in [0.05, 0.1) is 20.5 Å². The normalized spacial score (nSPS) is 10.9. The largest absolute Gasteiger partial charge is 0.365 e. The molecule has 0 fully saturated rings. The van der Waals surface area contributed by atoms with Crippen molar-refractivity contribution in [2.45, 2.75) is 20.8 Å². The van der Waals surface area contributed by atoms with Crippen molar-refractivity contribution in [1.29, 1.82) is 0 Å². The first-order chi connectivity index (χ1) is 11.8. The third kappa shape index (κ3) is 3.48. The Balaban J connectivity index is 1.91. The molecule has 3 N–H and O–H groups in total. The molecule has 0 saturated heterocycles. The third-order valence-corrected chi connectivity index (χ3v) is 7.32. The molecule has 0 aliphatic rings. The maximum atomic E-state index is 12.7. The lowest BCUT2D eigenvalue weighted by molar-refractivity contribution is 0.100. The number of thiazole rings is 1. The highest BCUT2D eigenvalue weighted by Gasteiger charge is 2.22. The number of amides is 2. The standard InChI is InChI=1S/C16H14ClN3O2S3/c1-6-8(3)23-16(11(6)13(18)21)20-14(22)12-7(2)19-15(25-12)9-4-5-10(17)24-9/h4-5H,1-3H3,(H2,18,21)(H,20,22). The number of anilines is 1. The summed E-state index contributed by atoms with van der Waals surface area (Å²) in [7, 11) is 0. The van der Waals surface area contributed by atoms with Crippen LogP contribution in [0.15, 0.2) is 12.1 Å². The van der Waals surface area contributed by atoms with Gasteiger partial charge in [0.15, 0.2) is 0 Å². The molecule has 0 saturated carbocycles. The molecule has 5 nitrogen and oxygen atoms in total. The van der Waals surface area contributed by atoms with Crippen LogP contribution in [0, 0.1) is 20.8 Å². The molecule has 2 amide bonds. The van der Waals surface area contributed by atoms with E-state index in [1.807, 2.05) is 19.9 Å². The Morgan fingerprint density at radius 2 is 1.88 bits per heavy atom. The Morgan fingerprint density at radius 3 is 2.48 bits per heavy atom. The van der Waals surface area contributed by atoms with Crippen LogP contribution in [0.4, 0.5) is 5.00 Å². The minimum absolute atomic E-state index is 0.298. The Hall–Kier alpha value is -1.74. The van der Waals surface area contributed by atoms with Gasteiger partial charge in [-0.1, -0.05) is 11.6 Å². The van der Waals surface area contributed by atoms with Crippen molar-refractivity contribution < 1.29 is 9.59 Å². The van der Waals surface area contributed by atoms with Crippen LogP contribution in [-0.2, 0) is 0 Å². The second-order valence-corrected chi connectivity index (χ2v) is 9.28. The highest BCUT2D eigenvalue weighted by molar-refractivity contribution is 7.24. The van der Waals surface area contributed by atoms with Crippen LogP contribution in [0.5, 0.6) is 0 Å². The number of aryl methyl sites for hydroxylation is 2. The lowest BCUT2D eigenvalue weighted by Crippen LogP contribution is -2.17. The van der Waals surface area contributed by atoms with Gasteiger partial charge in [-0.15, -0.1) is 34.0 Å². The van der Waals surface area contributed by atoms with E-state index in [9.17, 15) is 9.59 Å². The SMILES string of the molecule is Cc1nc(-c2ccc(Cl)s2)sc1C(=O)Nc1sc(C)c(C)c1C(N)=O. The van der Waals surface area contributed by atoms with Crippen molar-refractivity contribution in [3.63, 3.8) is 0 Å². The average Bonchev–Trinajstić information content (AvgIpc) is 3.18. The number of halogens is 1. The molecule has 9 heteroatoms. The maximum Gasteiger partial charge on any atom is 0.268 e. The van der Waals surface area contributed by atoms with Crippen LogP contribution >= 0.6 is 45.6 Å². The second-order valence-electron chi connectivity index (χ2n) is 5.34. The Bertz CT molecular complexity index is 987. The molecule has 0 aromatic carbocycles. The van der Waals surface area contributed by atoms with E-state index in [1.165, 1.54) is 34.0 Å². The predicted octanol–water partition coefficient (Wildman–Crippen LogP) is 4.86. The van der Waals surface area contributed by atoms with E-state index in [2.05, 4.69) is 10.3 Å². The minimum atomic E-state index is -0.549. The number of hydrogen-bond acceptors (Lipinski definition) is 6. The van der Waals surface area contributed by atoms with Gasteiger partial charge in [-0.05, 0) is 38.5 Å².